The fourth-order valence-electron chi connectivity index (χ4n) is 3.24. The van der Waals surface area contributed by atoms with E-state index in [2.05, 4.69) is 15.3 Å². The van der Waals surface area contributed by atoms with E-state index in [-0.39, 0.29) is 25.2 Å². The minimum atomic E-state index is -2.84. The summed E-state index contributed by atoms with van der Waals surface area (Å²) in [6.07, 6.45) is 1.04. The number of rotatable bonds is 7. The molecule has 0 radical (unpaired) electrons. The smallest absolute Gasteiger partial charge is 0.280 e. The summed E-state index contributed by atoms with van der Waals surface area (Å²) in [4.78, 5) is 44.1. The van der Waals surface area contributed by atoms with Gasteiger partial charge in [0.05, 0.1) is 23.6 Å². The van der Waals surface area contributed by atoms with Crippen LogP contribution in [0.2, 0.25) is 0 Å². The van der Waals surface area contributed by atoms with Gasteiger partial charge in [-0.05, 0) is 31.4 Å². The van der Waals surface area contributed by atoms with Crippen LogP contribution in [0.25, 0.3) is 11.0 Å². The van der Waals surface area contributed by atoms with Crippen LogP contribution in [-0.4, -0.2) is 58.3 Å². The molecule has 1 saturated heterocycles. The maximum Gasteiger partial charge on any atom is 0.280 e. The van der Waals surface area contributed by atoms with Gasteiger partial charge < -0.3 is 20.9 Å². The molecule has 29 heavy (non-hydrogen) atoms. The molecule has 10 heteroatoms. The van der Waals surface area contributed by atoms with Crippen molar-refractivity contribution >= 4 is 22.8 Å². The number of aromatic nitrogens is 2. The van der Waals surface area contributed by atoms with E-state index in [1.807, 2.05) is 0 Å². The van der Waals surface area contributed by atoms with Crippen molar-refractivity contribution < 1.29 is 18.4 Å². The lowest BCUT2D eigenvalue weighted by molar-refractivity contribution is -0.133. The Morgan fingerprint density at radius 2 is 2.07 bits per heavy atom. The third-order valence-corrected chi connectivity index (χ3v) is 4.84. The number of benzene rings is 1. The zero-order valence-corrected chi connectivity index (χ0v) is 15.8. The Balaban J connectivity index is 1.42. The Morgan fingerprint density at radius 1 is 1.31 bits per heavy atom. The molecule has 2 heterocycles. The molecule has 4 N–H and O–H groups in total. The molecule has 0 aliphatic carbocycles. The second kappa shape index (κ2) is 8.64. The molecule has 1 unspecified atom stereocenters. The van der Waals surface area contributed by atoms with Gasteiger partial charge in [-0.25, -0.2) is 13.8 Å². The molecule has 0 saturated carbocycles. The lowest BCUT2D eigenvalue weighted by Gasteiger charge is -2.20. The highest BCUT2D eigenvalue weighted by molar-refractivity contribution is 5.93. The summed E-state index contributed by atoms with van der Waals surface area (Å²) in [6, 6.07) is 6.05. The van der Waals surface area contributed by atoms with Crippen molar-refractivity contribution in [2.45, 2.75) is 37.6 Å². The van der Waals surface area contributed by atoms with Crippen LogP contribution in [0.1, 0.15) is 36.2 Å². The van der Waals surface area contributed by atoms with Crippen molar-refractivity contribution in [1.29, 1.82) is 0 Å². The lowest BCUT2D eigenvalue weighted by Crippen LogP contribution is -2.43. The van der Waals surface area contributed by atoms with Gasteiger partial charge in [0.15, 0.2) is 5.69 Å². The van der Waals surface area contributed by atoms with E-state index in [0.717, 1.165) is 4.90 Å². The van der Waals surface area contributed by atoms with Crippen LogP contribution in [0.4, 0.5) is 8.78 Å². The van der Waals surface area contributed by atoms with Crippen LogP contribution in [0, 0.1) is 0 Å². The lowest BCUT2D eigenvalue weighted by atomic mass is 10.1. The second-order valence-corrected chi connectivity index (χ2v) is 7.16. The molecule has 1 aromatic heterocycles. The van der Waals surface area contributed by atoms with Crippen molar-refractivity contribution in [2.24, 2.45) is 5.73 Å². The molecule has 8 nitrogen and oxygen atoms in total. The van der Waals surface area contributed by atoms with Gasteiger partial charge in [-0.2, -0.15) is 0 Å². The quantitative estimate of drug-likeness (QED) is 0.592. The summed E-state index contributed by atoms with van der Waals surface area (Å²) in [5.74, 6) is -3.90. The first-order valence-electron chi connectivity index (χ1n) is 9.46. The Hall–Kier alpha value is -2.88. The van der Waals surface area contributed by atoms with Gasteiger partial charge in [-0.3, -0.25) is 14.4 Å². The Kier molecular flexibility index (Phi) is 6.21. The molecule has 2 amide bonds. The topological polar surface area (TPSA) is 121 Å². The normalized spacial score (nSPS) is 16.7. The number of likely N-dealkylation sites (tertiary alicyclic amines) is 1. The van der Waals surface area contributed by atoms with E-state index in [9.17, 15) is 23.2 Å². The number of unbranched alkanes of at least 4 members (excludes halogenated alkanes) is 1. The summed E-state index contributed by atoms with van der Waals surface area (Å²) in [6.45, 7) is -0.290. The van der Waals surface area contributed by atoms with Crippen LogP contribution in [-0.2, 0) is 4.79 Å². The summed E-state index contributed by atoms with van der Waals surface area (Å²) in [7, 11) is 0. The minimum absolute atomic E-state index is 0.0168. The van der Waals surface area contributed by atoms with Gasteiger partial charge in [0.1, 0.15) is 0 Å². The third kappa shape index (κ3) is 5.14. The van der Waals surface area contributed by atoms with Gasteiger partial charge in [0.25, 0.3) is 17.4 Å². The molecule has 3 rings (SSSR count). The van der Waals surface area contributed by atoms with E-state index < -0.39 is 35.9 Å². The molecule has 1 atom stereocenters. The van der Waals surface area contributed by atoms with Gasteiger partial charge in [-0.15, -0.1) is 0 Å². The first kappa shape index (κ1) is 20.8. The first-order chi connectivity index (χ1) is 13.8. The van der Waals surface area contributed by atoms with E-state index >= 15 is 0 Å². The largest absolute Gasteiger partial charge is 0.351 e. The number of nitrogens with zero attached hydrogens (tertiary/aromatic N) is 2. The zero-order chi connectivity index (χ0) is 21.0. The molecule has 156 valence electrons. The maximum atomic E-state index is 13.2. The van der Waals surface area contributed by atoms with E-state index in [0.29, 0.717) is 30.3 Å². The molecule has 2 aromatic rings. The molecule has 0 spiro atoms. The number of amides is 2. The van der Waals surface area contributed by atoms with Crippen molar-refractivity contribution in [3.8, 4) is 0 Å². The number of alkyl halides is 2. The number of fused-ring (bicyclic) bond motifs is 1. The van der Waals surface area contributed by atoms with Crippen molar-refractivity contribution in [1.82, 2.24) is 20.2 Å². The number of carbonyl (C=O) groups is 2. The number of aromatic amines is 1. The molecule has 1 aliphatic heterocycles. The summed E-state index contributed by atoms with van der Waals surface area (Å²) in [5, 5.41) is 2.62. The number of nitrogens with two attached hydrogens (primary N) is 1. The fraction of sp³-hybridized carbons (Fsp3) is 0.474. The number of nitrogens with one attached hydrogen (secondary N) is 2. The average Bonchev–Trinajstić information content (AvgIpc) is 3.05. The van der Waals surface area contributed by atoms with Gasteiger partial charge in [0, 0.05) is 19.5 Å². The van der Waals surface area contributed by atoms with Crippen molar-refractivity contribution in [3.05, 3.63) is 40.3 Å². The number of hydrogen-bond acceptors (Lipinski definition) is 5. The van der Waals surface area contributed by atoms with Crippen LogP contribution in [0.5, 0.6) is 0 Å². The van der Waals surface area contributed by atoms with Crippen LogP contribution >= 0.6 is 0 Å². The van der Waals surface area contributed by atoms with E-state index in [1.165, 1.54) is 0 Å². The highest BCUT2D eigenvalue weighted by Gasteiger charge is 2.41. The third-order valence-electron chi connectivity index (χ3n) is 4.84. The SMILES string of the molecule is NC(CCCCNC(=O)c1nc2ccccc2[nH]c1=O)C(=O)N1CCC(F)(F)C1. The van der Waals surface area contributed by atoms with Crippen molar-refractivity contribution in [3.63, 3.8) is 0 Å². The first-order valence-corrected chi connectivity index (χ1v) is 9.46. The molecular weight excluding hydrogens is 384 g/mol. The zero-order valence-electron chi connectivity index (χ0n) is 15.8. The number of H-pyrrole nitrogens is 1. The Bertz CT molecular complexity index is 962. The van der Waals surface area contributed by atoms with Gasteiger partial charge in [0.2, 0.25) is 5.91 Å². The molecule has 1 aromatic carbocycles. The molecule has 0 bridgehead atoms. The number of halogens is 2. The minimum Gasteiger partial charge on any atom is -0.351 e. The molecule has 1 aliphatic rings. The second-order valence-electron chi connectivity index (χ2n) is 7.16. The standard InChI is InChI=1S/C19H23F2N5O3/c20-19(21)8-10-26(11-19)18(29)12(22)5-3-4-9-23-16(27)15-17(28)25-14-7-2-1-6-13(14)24-15/h1-2,6-7,12H,3-5,8-11,22H2,(H,23,27)(H,25,28). The fourth-order valence-corrected chi connectivity index (χ4v) is 3.24. The van der Waals surface area contributed by atoms with Crippen LogP contribution in [0.15, 0.2) is 29.1 Å². The summed E-state index contributed by atoms with van der Waals surface area (Å²) < 4.78 is 26.4. The van der Waals surface area contributed by atoms with E-state index in [1.54, 1.807) is 24.3 Å². The highest BCUT2D eigenvalue weighted by Crippen LogP contribution is 2.27. The highest BCUT2D eigenvalue weighted by atomic mass is 19.3. The van der Waals surface area contributed by atoms with Crippen LogP contribution < -0.4 is 16.6 Å². The number of carbonyl (C=O) groups excluding carboxylic acids is 2. The summed E-state index contributed by atoms with van der Waals surface area (Å²) in [5.41, 5.74) is 6.08. The number of para-hydroxylation sites is 2. The summed E-state index contributed by atoms with van der Waals surface area (Å²) >= 11 is 0. The predicted molar refractivity (Wildman–Crippen MR) is 103 cm³/mol. The average molecular weight is 407 g/mol. The Morgan fingerprint density at radius 3 is 2.79 bits per heavy atom. The van der Waals surface area contributed by atoms with Gasteiger partial charge >= 0.3 is 0 Å². The monoisotopic (exact) mass is 407 g/mol. The maximum absolute atomic E-state index is 13.2. The van der Waals surface area contributed by atoms with E-state index in [4.69, 9.17) is 5.73 Å². The predicted octanol–water partition coefficient (Wildman–Crippen LogP) is 1.02. The molecular formula is C19H23F2N5O3. The van der Waals surface area contributed by atoms with Crippen molar-refractivity contribution in [2.75, 3.05) is 19.6 Å². The number of hydrogen-bond donors (Lipinski definition) is 3. The molecule has 1 fully saturated rings. The Labute approximate surface area is 165 Å². The van der Waals surface area contributed by atoms with Crippen LogP contribution in [0.3, 0.4) is 0 Å². The van der Waals surface area contributed by atoms with Gasteiger partial charge in [-0.1, -0.05) is 12.1 Å².